The SMILES string of the molecule is CN1C(=O)C(O)(CC(=O)c2cccc(Br)c2)c2cc(Cl)ccc21. The van der Waals surface area contributed by atoms with Crippen molar-refractivity contribution in [2.75, 3.05) is 11.9 Å². The van der Waals surface area contributed by atoms with Gasteiger partial charge in [-0.05, 0) is 30.3 Å². The normalized spacial score (nSPS) is 19.8. The smallest absolute Gasteiger partial charge is 0.263 e. The summed E-state index contributed by atoms with van der Waals surface area (Å²) in [7, 11) is 1.57. The molecule has 0 fully saturated rings. The maximum Gasteiger partial charge on any atom is 0.263 e. The van der Waals surface area contributed by atoms with Gasteiger partial charge in [-0.3, -0.25) is 9.59 Å². The van der Waals surface area contributed by atoms with Crippen LogP contribution >= 0.6 is 27.5 Å². The third-order valence-electron chi connectivity index (χ3n) is 3.99. The maximum absolute atomic E-state index is 12.5. The van der Waals surface area contributed by atoms with Crippen molar-refractivity contribution in [1.82, 2.24) is 0 Å². The van der Waals surface area contributed by atoms with Gasteiger partial charge in [0.1, 0.15) is 0 Å². The highest BCUT2D eigenvalue weighted by atomic mass is 79.9. The highest BCUT2D eigenvalue weighted by Gasteiger charge is 2.49. The average Bonchev–Trinajstić information content (AvgIpc) is 2.69. The van der Waals surface area contributed by atoms with Gasteiger partial charge in [-0.25, -0.2) is 0 Å². The van der Waals surface area contributed by atoms with Crippen molar-refractivity contribution >= 4 is 44.9 Å². The molecule has 23 heavy (non-hydrogen) atoms. The van der Waals surface area contributed by atoms with Gasteiger partial charge in [0.25, 0.3) is 5.91 Å². The van der Waals surface area contributed by atoms with E-state index in [1.165, 1.54) is 11.0 Å². The Bertz CT molecular complexity index is 823. The minimum atomic E-state index is -1.89. The number of likely N-dealkylation sites (N-methyl/N-ethyl adjacent to an activating group) is 1. The van der Waals surface area contributed by atoms with E-state index < -0.39 is 11.5 Å². The first kappa shape index (κ1) is 16.2. The monoisotopic (exact) mass is 393 g/mol. The first-order valence-electron chi connectivity index (χ1n) is 6.92. The van der Waals surface area contributed by atoms with Gasteiger partial charge in [-0.2, -0.15) is 0 Å². The molecule has 4 nitrogen and oxygen atoms in total. The quantitative estimate of drug-likeness (QED) is 0.810. The zero-order chi connectivity index (χ0) is 16.8. The molecule has 1 aliphatic heterocycles. The number of Topliss-reactive ketones (excluding diaryl/α,β-unsaturated/α-hetero) is 1. The lowest BCUT2D eigenvalue weighted by Crippen LogP contribution is -2.40. The van der Waals surface area contributed by atoms with Crippen LogP contribution < -0.4 is 4.90 Å². The van der Waals surface area contributed by atoms with E-state index in [0.717, 1.165) is 4.47 Å². The van der Waals surface area contributed by atoms with Gasteiger partial charge in [0.15, 0.2) is 11.4 Å². The van der Waals surface area contributed by atoms with Gasteiger partial charge in [0.2, 0.25) is 0 Å². The van der Waals surface area contributed by atoms with Crippen LogP contribution in [0.25, 0.3) is 0 Å². The second-order valence-corrected chi connectivity index (χ2v) is 6.85. The first-order valence-corrected chi connectivity index (χ1v) is 8.09. The molecule has 0 saturated heterocycles. The predicted octanol–water partition coefficient (Wildman–Crippen LogP) is 3.54. The third kappa shape index (κ3) is 2.69. The van der Waals surface area contributed by atoms with Crippen LogP contribution in [0, 0.1) is 0 Å². The van der Waals surface area contributed by atoms with E-state index in [1.54, 1.807) is 43.4 Å². The molecule has 2 aromatic carbocycles. The second kappa shape index (κ2) is 5.74. The summed E-state index contributed by atoms with van der Waals surface area (Å²) in [6.07, 6.45) is -0.333. The van der Waals surface area contributed by atoms with E-state index in [4.69, 9.17) is 11.6 Å². The Morgan fingerprint density at radius 1 is 1.30 bits per heavy atom. The van der Waals surface area contributed by atoms with E-state index in [0.29, 0.717) is 21.8 Å². The summed E-state index contributed by atoms with van der Waals surface area (Å²) in [4.78, 5) is 26.4. The molecule has 3 rings (SSSR count). The van der Waals surface area contributed by atoms with Crippen LogP contribution in [0.3, 0.4) is 0 Å². The Kier molecular flexibility index (Phi) is 4.04. The number of amides is 1. The zero-order valence-electron chi connectivity index (χ0n) is 12.2. The fraction of sp³-hybridized carbons (Fsp3) is 0.176. The highest BCUT2D eigenvalue weighted by molar-refractivity contribution is 9.10. The fourth-order valence-corrected chi connectivity index (χ4v) is 3.37. The van der Waals surface area contributed by atoms with Gasteiger partial charge in [-0.15, -0.1) is 0 Å². The predicted molar refractivity (Wildman–Crippen MR) is 91.8 cm³/mol. The van der Waals surface area contributed by atoms with Crippen molar-refractivity contribution in [1.29, 1.82) is 0 Å². The summed E-state index contributed by atoms with van der Waals surface area (Å²) in [5, 5.41) is 11.3. The van der Waals surface area contributed by atoms with E-state index in [2.05, 4.69) is 15.9 Å². The molecule has 1 aliphatic rings. The van der Waals surface area contributed by atoms with Gasteiger partial charge in [0.05, 0.1) is 12.1 Å². The average molecular weight is 395 g/mol. The number of carbonyl (C=O) groups is 2. The molecule has 0 bridgehead atoms. The van der Waals surface area contributed by atoms with E-state index in [9.17, 15) is 14.7 Å². The van der Waals surface area contributed by atoms with Crippen molar-refractivity contribution in [2.45, 2.75) is 12.0 Å². The van der Waals surface area contributed by atoms with Gasteiger partial charge in [-0.1, -0.05) is 39.7 Å². The van der Waals surface area contributed by atoms with Crippen LogP contribution in [0.4, 0.5) is 5.69 Å². The molecular formula is C17H13BrClNO3. The Morgan fingerprint density at radius 2 is 2.04 bits per heavy atom. The summed E-state index contributed by atoms with van der Waals surface area (Å²) in [5.41, 5.74) is -0.544. The van der Waals surface area contributed by atoms with Crippen molar-refractivity contribution in [3.8, 4) is 0 Å². The molecule has 0 aliphatic carbocycles. The van der Waals surface area contributed by atoms with Gasteiger partial charge >= 0.3 is 0 Å². The van der Waals surface area contributed by atoms with Crippen molar-refractivity contribution in [2.24, 2.45) is 0 Å². The molecule has 0 saturated carbocycles. The van der Waals surface area contributed by atoms with E-state index in [-0.39, 0.29) is 12.2 Å². The summed E-state index contributed by atoms with van der Waals surface area (Å²) >= 11 is 9.29. The Hall–Kier alpha value is -1.69. The van der Waals surface area contributed by atoms with Crippen LogP contribution in [-0.2, 0) is 10.4 Å². The number of benzene rings is 2. The number of aliphatic hydroxyl groups is 1. The third-order valence-corrected chi connectivity index (χ3v) is 4.72. The minimum Gasteiger partial charge on any atom is -0.375 e. The first-order chi connectivity index (χ1) is 10.8. The summed E-state index contributed by atoms with van der Waals surface area (Å²) in [5.74, 6) is -0.846. The highest BCUT2D eigenvalue weighted by Crippen LogP contribution is 2.43. The molecule has 6 heteroatoms. The number of ketones is 1. The summed E-state index contributed by atoms with van der Waals surface area (Å²) in [6.45, 7) is 0. The zero-order valence-corrected chi connectivity index (χ0v) is 14.6. The fourth-order valence-electron chi connectivity index (χ4n) is 2.80. The van der Waals surface area contributed by atoms with Crippen molar-refractivity contribution in [3.63, 3.8) is 0 Å². The molecule has 1 N–H and O–H groups in total. The number of hydrogen-bond donors (Lipinski definition) is 1. The van der Waals surface area contributed by atoms with Crippen molar-refractivity contribution < 1.29 is 14.7 Å². The summed E-state index contributed by atoms with van der Waals surface area (Å²) in [6, 6.07) is 11.7. The molecule has 1 amide bonds. The van der Waals surface area contributed by atoms with Crippen LogP contribution in [0.1, 0.15) is 22.3 Å². The number of fused-ring (bicyclic) bond motifs is 1. The molecule has 1 heterocycles. The lowest BCUT2D eigenvalue weighted by Gasteiger charge is -2.21. The molecule has 0 aromatic heterocycles. The standard InChI is InChI=1S/C17H13BrClNO3/c1-20-14-6-5-12(19)8-13(14)17(23,16(20)22)9-15(21)10-3-2-4-11(18)7-10/h2-8,23H,9H2,1H3. The Morgan fingerprint density at radius 3 is 2.74 bits per heavy atom. The van der Waals surface area contributed by atoms with Crippen LogP contribution in [-0.4, -0.2) is 23.8 Å². The van der Waals surface area contributed by atoms with Gasteiger partial charge in [0, 0.05) is 27.7 Å². The van der Waals surface area contributed by atoms with Crippen LogP contribution in [0.2, 0.25) is 5.02 Å². The van der Waals surface area contributed by atoms with E-state index in [1.807, 2.05) is 0 Å². The lowest BCUT2D eigenvalue weighted by atomic mass is 9.88. The Balaban J connectivity index is 2.00. The van der Waals surface area contributed by atoms with E-state index >= 15 is 0 Å². The Labute approximate surface area is 146 Å². The molecule has 1 atom stereocenters. The molecule has 0 radical (unpaired) electrons. The minimum absolute atomic E-state index is 0.316. The molecular weight excluding hydrogens is 382 g/mol. The van der Waals surface area contributed by atoms with Crippen LogP contribution in [0.15, 0.2) is 46.9 Å². The number of nitrogens with zero attached hydrogens (tertiary/aromatic N) is 1. The molecule has 2 aromatic rings. The van der Waals surface area contributed by atoms with Crippen LogP contribution in [0.5, 0.6) is 0 Å². The number of halogens is 2. The molecule has 0 spiro atoms. The number of carbonyl (C=O) groups excluding carboxylic acids is 2. The number of rotatable bonds is 3. The lowest BCUT2D eigenvalue weighted by molar-refractivity contribution is -0.135. The largest absolute Gasteiger partial charge is 0.375 e. The molecule has 118 valence electrons. The topological polar surface area (TPSA) is 57.6 Å². The van der Waals surface area contributed by atoms with Crippen molar-refractivity contribution in [3.05, 3.63) is 63.1 Å². The number of anilines is 1. The molecule has 1 unspecified atom stereocenters. The maximum atomic E-state index is 12.5. The van der Waals surface area contributed by atoms with Gasteiger partial charge < -0.3 is 10.0 Å². The number of hydrogen-bond acceptors (Lipinski definition) is 3. The summed E-state index contributed by atoms with van der Waals surface area (Å²) < 4.78 is 0.758. The second-order valence-electron chi connectivity index (χ2n) is 5.50.